The summed E-state index contributed by atoms with van der Waals surface area (Å²) < 4.78 is 42.9. The molecule has 3 rings (SSSR count). The Morgan fingerprint density at radius 1 is 0.882 bits per heavy atom. The number of para-hydroxylation sites is 1. The van der Waals surface area contributed by atoms with E-state index in [2.05, 4.69) is 0 Å². The molecule has 0 aliphatic rings. The molecular formula is C25H25NO7S. The molecule has 34 heavy (non-hydrogen) atoms. The number of esters is 1. The molecule has 8 nitrogen and oxygen atoms in total. The highest BCUT2D eigenvalue weighted by atomic mass is 32.2. The van der Waals surface area contributed by atoms with Gasteiger partial charge in [-0.25, -0.2) is 13.2 Å². The Balaban J connectivity index is 1.70. The molecular weight excluding hydrogens is 458 g/mol. The van der Waals surface area contributed by atoms with Gasteiger partial charge in [0.25, 0.3) is 10.0 Å². The van der Waals surface area contributed by atoms with E-state index in [9.17, 15) is 18.0 Å². The molecule has 0 saturated heterocycles. The van der Waals surface area contributed by atoms with Gasteiger partial charge in [0.2, 0.25) is 5.78 Å². The van der Waals surface area contributed by atoms with Gasteiger partial charge < -0.3 is 14.2 Å². The number of anilines is 1. The number of sulfonamides is 1. The van der Waals surface area contributed by atoms with Crippen LogP contribution in [0.4, 0.5) is 5.69 Å². The fraction of sp³-hybridized carbons (Fsp3) is 0.200. The van der Waals surface area contributed by atoms with Gasteiger partial charge in [0, 0.05) is 12.6 Å². The zero-order chi connectivity index (χ0) is 24.7. The van der Waals surface area contributed by atoms with Crippen LogP contribution in [0.3, 0.4) is 0 Å². The molecule has 0 fully saturated rings. The highest BCUT2D eigenvalue weighted by molar-refractivity contribution is 7.92. The van der Waals surface area contributed by atoms with Gasteiger partial charge in [0.1, 0.15) is 11.5 Å². The van der Waals surface area contributed by atoms with Gasteiger partial charge >= 0.3 is 5.97 Å². The lowest BCUT2D eigenvalue weighted by molar-refractivity contribution is 0.0474. The second kappa shape index (κ2) is 10.8. The SMILES string of the molecule is CCN(c1ccccc1)S(=O)(=O)c1ccc(C(=O)OCC(=O)c2ccc(OC)cc2OC)cc1. The largest absolute Gasteiger partial charge is 0.497 e. The van der Waals surface area contributed by atoms with Crippen LogP contribution in [0.15, 0.2) is 77.7 Å². The monoisotopic (exact) mass is 483 g/mol. The number of hydrogen-bond donors (Lipinski definition) is 0. The molecule has 0 unspecified atom stereocenters. The molecule has 3 aromatic carbocycles. The van der Waals surface area contributed by atoms with Crippen LogP contribution in [0, 0.1) is 0 Å². The first kappa shape index (κ1) is 24.8. The van der Waals surface area contributed by atoms with E-state index in [0.717, 1.165) is 0 Å². The second-order valence-corrected chi connectivity index (χ2v) is 8.96. The van der Waals surface area contributed by atoms with Crippen molar-refractivity contribution in [1.29, 1.82) is 0 Å². The molecule has 9 heteroatoms. The first-order valence-corrected chi connectivity index (χ1v) is 11.9. The van der Waals surface area contributed by atoms with Crippen molar-refractivity contribution in [2.45, 2.75) is 11.8 Å². The third-order valence-corrected chi connectivity index (χ3v) is 6.97. The quantitative estimate of drug-likeness (QED) is 0.318. The summed E-state index contributed by atoms with van der Waals surface area (Å²) in [5.41, 5.74) is 0.912. The minimum Gasteiger partial charge on any atom is -0.497 e. The molecule has 178 valence electrons. The lowest BCUT2D eigenvalue weighted by atomic mass is 10.1. The van der Waals surface area contributed by atoms with Crippen molar-refractivity contribution in [3.8, 4) is 11.5 Å². The normalized spacial score (nSPS) is 10.9. The predicted molar refractivity (Wildman–Crippen MR) is 127 cm³/mol. The van der Waals surface area contributed by atoms with Crippen LogP contribution in [0.2, 0.25) is 0 Å². The summed E-state index contributed by atoms with van der Waals surface area (Å²) >= 11 is 0. The maximum Gasteiger partial charge on any atom is 0.338 e. The number of benzene rings is 3. The summed E-state index contributed by atoms with van der Waals surface area (Å²) in [6.07, 6.45) is 0. The van der Waals surface area contributed by atoms with E-state index in [4.69, 9.17) is 14.2 Å². The standard InChI is InChI=1S/C25H25NO7S/c1-4-26(19-8-6-5-7-9-19)34(29,30)21-13-10-18(11-14-21)25(28)33-17-23(27)22-15-12-20(31-2)16-24(22)32-3/h5-16H,4,17H2,1-3H3. The molecule has 0 bridgehead atoms. The number of carbonyl (C=O) groups is 2. The maximum absolute atomic E-state index is 13.1. The molecule has 0 atom stereocenters. The molecule has 0 amide bonds. The summed E-state index contributed by atoms with van der Waals surface area (Å²) in [5, 5.41) is 0. The van der Waals surface area contributed by atoms with Crippen LogP contribution in [-0.2, 0) is 14.8 Å². The van der Waals surface area contributed by atoms with E-state index >= 15 is 0 Å². The Labute approximate surface area is 198 Å². The molecule has 0 saturated carbocycles. The Morgan fingerprint density at radius 3 is 2.15 bits per heavy atom. The van der Waals surface area contributed by atoms with Crippen molar-refractivity contribution in [2.75, 3.05) is 31.7 Å². The van der Waals surface area contributed by atoms with Gasteiger partial charge in [-0.3, -0.25) is 9.10 Å². The molecule has 0 aliphatic heterocycles. The molecule has 3 aromatic rings. The van der Waals surface area contributed by atoms with Crippen LogP contribution >= 0.6 is 0 Å². The highest BCUT2D eigenvalue weighted by Crippen LogP contribution is 2.26. The van der Waals surface area contributed by atoms with E-state index in [1.54, 1.807) is 49.4 Å². The Hall–Kier alpha value is -3.85. The average molecular weight is 484 g/mol. The predicted octanol–water partition coefficient (Wildman–Crippen LogP) is 3.96. The first-order chi connectivity index (χ1) is 16.3. The van der Waals surface area contributed by atoms with E-state index in [-0.39, 0.29) is 22.6 Å². The lowest BCUT2D eigenvalue weighted by Crippen LogP contribution is -2.30. The number of rotatable bonds is 10. The van der Waals surface area contributed by atoms with Crippen molar-refractivity contribution in [1.82, 2.24) is 0 Å². The highest BCUT2D eigenvalue weighted by Gasteiger charge is 2.24. The second-order valence-electron chi connectivity index (χ2n) is 7.10. The van der Waals surface area contributed by atoms with Crippen molar-refractivity contribution in [3.63, 3.8) is 0 Å². The Kier molecular flexibility index (Phi) is 7.91. The summed E-state index contributed by atoms with van der Waals surface area (Å²) in [7, 11) is -0.902. The molecule has 0 heterocycles. The fourth-order valence-electron chi connectivity index (χ4n) is 3.30. The van der Waals surface area contributed by atoms with E-state index < -0.39 is 28.4 Å². The van der Waals surface area contributed by atoms with Crippen molar-refractivity contribution < 1.29 is 32.2 Å². The minimum absolute atomic E-state index is 0.0359. The topological polar surface area (TPSA) is 99.2 Å². The van der Waals surface area contributed by atoms with Gasteiger partial charge in [-0.05, 0) is 55.5 Å². The van der Waals surface area contributed by atoms with Crippen LogP contribution in [-0.4, -0.2) is 47.5 Å². The number of nitrogens with zero attached hydrogens (tertiary/aromatic N) is 1. The maximum atomic E-state index is 13.1. The zero-order valence-corrected chi connectivity index (χ0v) is 19.9. The number of hydrogen-bond acceptors (Lipinski definition) is 7. The molecule has 0 spiro atoms. The zero-order valence-electron chi connectivity index (χ0n) is 19.1. The third kappa shape index (κ3) is 5.37. The van der Waals surface area contributed by atoms with Gasteiger partial charge in [0.15, 0.2) is 6.61 Å². The van der Waals surface area contributed by atoms with Crippen LogP contribution < -0.4 is 13.8 Å². The molecule has 0 aliphatic carbocycles. The number of ketones is 1. The minimum atomic E-state index is -3.82. The van der Waals surface area contributed by atoms with Gasteiger partial charge in [-0.2, -0.15) is 0 Å². The lowest BCUT2D eigenvalue weighted by Gasteiger charge is -2.22. The van der Waals surface area contributed by atoms with Crippen LogP contribution in [0.5, 0.6) is 11.5 Å². The number of Topliss-reactive ketones (excluding diaryl/α,β-unsaturated/α-hetero) is 1. The fourth-order valence-corrected chi connectivity index (χ4v) is 4.77. The summed E-state index contributed by atoms with van der Waals surface area (Å²) in [5.74, 6) is -0.378. The number of ether oxygens (including phenoxy) is 3. The molecule has 0 radical (unpaired) electrons. The number of carbonyl (C=O) groups excluding carboxylic acids is 2. The van der Waals surface area contributed by atoms with Crippen molar-refractivity contribution in [2.24, 2.45) is 0 Å². The van der Waals surface area contributed by atoms with Gasteiger partial charge in [-0.1, -0.05) is 18.2 Å². The summed E-state index contributed by atoms with van der Waals surface area (Å²) in [4.78, 5) is 25.0. The number of methoxy groups -OCH3 is 2. The summed E-state index contributed by atoms with van der Waals surface area (Å²) in [6, 6.07) is 18.8. The molecule has 0 N–H and O–H groups in total. The van der Waals surface area contributed by atoms with Gasteiger partial charge in [0.05, 0.1) is 35.9 Å². The summed E-state index contributed by atoms with van der Waals surface area (Å²) in [6.45, 7) is 1.48. The Bertz CT molecular complexity index is 1260. The van der Waals surface area contributed by atoms with Crippen molar-refractivity contribution in [3.05, 3.63) is 83.9 Å². The smallest absolute Gasteiger partial charge is 0.338 e. The van der Waals surface area contributed by atoms with Crippen LogP contribution in [0.25, 0.3) is 0 Å². The first-order valence-electron chi connectivity index (χ1n) is 10.4. The van der Waals surface area contributed by atoms with Gasteiger partial charge in [-0.15, -0.1) is 0 Å². The molecule has 0 aromatic heterocycles. The van der Waals surface area contributed by atoms with E-state index in [1.165, 1.54) is 48.9 Å². The van der Waals surface area contributed by atoms with E-state index in [0.29, 0.717) is 17.2 Å². The van der Waals surface area contributed by atoms with E-state index in [1.807, 2.05) is 0 Å². The van der Waals surface area contributed by atoms with Crippen molar-refractivity contribution >= 4 is 27.5 Å². The Morgan fingerprint density at radius 2 is 1.56 bits per heavy atom. The third-order valence-electron chi connectivity index (χ3n) is 5.05. The average Bonchev–Trinajstić information content (AvgIpc) is 2.87. The van der Waals surface area contributed by atoms with Crippen LogP contribution in [0.1, 0.15) is 27.6 Å².